The Labute approximate surface area is 180 Å². The fraction of sp³-hybridized carbons (Fsp3) is 0.217. The van der Waals surface area contributed by atoms with Crippen molar-refractivity contribution in [2.75, 3.05) is 23.3 Å². The molecule has 0 spiro atoms. The number of ether oxygens (including phenoxy) is 1. The van der Waals surface area contributed by atoms with Crippen LogP contribution in [0.5, 0.6) is 5.75 Å². The molecule has 0 saturated carbocycles. The van der Waals surface area contributed by atoms with E-state index in [1.54, 1.807) is 12.4 Å². The summed E-state index contributed by atoms with van der Waals surface area (Å²) in [5.74, 6) is 0.735. The van der Waals surface area contributed by atoms with Gasteiger partial charge in [0.1, 0.15) is 12.4 Å². The summed E-state index contributed by atoms with van der Waals surface area (Å²) in [7, 11) is 0. The first-order valence-electron chi connectivity index (χ1n) is 9.85. The highest BCUT2D eigenvalue weighted by Crippen LogP contribution is 2.22. The third-order valence-electron chi connectivity index (χ3n) is 4.96. The van der Waals surface area contributed by atoms with Crippen molar-refractivity contribution in [3.8, 4) is 5.75 Å². The third-order valence-corrected chi connectivity index (χ3v) is 5.21. The summed E-state index contributed by atoms with van der Waals surface area (Å²) in [6.45, 7) is 2.12. The highest BCUT2D eigenvalue weighted by Gasteiger charge is 2.24. The lowest BCUT2D eigenvalue weighted by atomic mass is 10.2. The van der Waals surface area contributed by atoms with Crippen LogP contribution >= 0.6 is 11.6 Å². The molecule has 2 aromatic carbocycles. The van der Waals surface area contributed by atoms with E-state index in [9.17, 15) is 4.79 Å². The van der Waals surface area contributed by atoms with Gasteiger partial charge in [0, 0.05) is 53.5 Å². The van der Waals surface area contributed by atoms with Gasteiger partial charge in [0.2, 0.25) is 0 Å². The number of halogens is 1. The number of nitrogens with zero attached hydrogens (tertiary/aromatic N) is 2. The van der Waals surface area contributed by atoms with E-state index < -0.39 is 0 Å². The zero-order chi connectivity index (χ0) is 20.8. The van der Waals surface area contributed by atoms with Crippen molar-refractivity contribution in [2.45, 2.75) is 19.1 Å². The lowest BCUT2D eigenvalue weighted by Gasteiger charge is -2.19. The zero-order valence-corrected chi connectivity index (χ0v) is 17.2. The number of carbonyl (C=O) groups is 1. The second-order valence-corrected chi connectivity index (χ2v) is 7.62. The molecule has 1 unspecified atom stereocenters. The third kappa shape index (κ3) is 5.42. The van der Waals surface area contributed by atoms with E-state index in [2.05, 4.69) is 20.5 Å². The van der Waals surface area contributed by atoms with Crippen molar-refractivity contribution in [3.63, 3.8) is 0 Å². The second kappa shape index (κ2) is 9.50. The standard InChI is InChI=1S/C23H23ClN4O2/c24-18-3-7-21(8-4-18)28-13-11-20(15-28)27-23(29)26-19-5-9-22(10-6-19)30-16-17-2-1-12-25-14-17/h1-10,12,14,20H,11,13,15-16H2,(H2,26,27,29). The van der Waals surface area contributed by atoms with E-state index in [1.165, 1.54) is 0 Å². The molecular formula is C23H23ClN4O2. The summed E-state index contributed by atoms with van der Waals surface area (Å²) >= 11 is 5.95. The Bertz CT molecular complexity index is 965. The van der Waals surface area contributed by atoms with Crippen LogP contribution in [-0.2, 0) is 6.61 Å². The lowest BCUT2D eigenvalue weighted by Crippen LogP contribution is -2.39. The van der Waals surface area contributed by atoms with Crippen molar-refractivity contribution < 1.29 is 9.53 Å². The Morgan fingerprint density at radius 2 is 1.93 bits per heavy atom. The van der Waals surface area contributed by atoms with Gasteiger partial charge >= 0.3 is 6.03 Å². The Kier molecular flexibility index (Phi) is 6.35. The average Bonchev–Trinajstić information content (AvgIpc) is 3.23. The molecule has 4 rings (SSSR count). The minimum atomic E-state index is -0.206. The van der Waals surface area contributed by atoms with Crippen LogP contribution in [0.4, 0.5) is 16.2 Å². The molecular weight excluding hydrogens is 400 g/mol. The van der Waals surface area contributed by atoms with E-state index >= 15 is 0 Å². The molecule has 154 valence electrons. The largest absolute Gasteiger partial charge is 0.489 e. The Morgan fingerprint density at radius 1 is 1.13 bits per heavy atom. The summed E-state index contributed by atoms with van der Waals surface area (Å²) in [6.07, 6.45) is 4.41. The van der Waals surface area contributed by atoms with E-state index in [0.717, 1.165) is 41.5 Å². The Balaban J connectivity index is 1.23. The highest BCUT2D eigenvalue weighted by atomic mass is 35.5. The quantitative estimate of drug-likeness (QED) is 0.603. The molecule has 1 fully saturated rings. The molecule has 0 bridgehead atoms. The van der Waals surface area contributed by atoms with Crippen LogP contribution in [0.2, 0.25) is 5.02 Å². The molecule has 2 N–H and O–H groups in total. The average molecular weight is 423 g/mol. The summed E-state index contributed by atoms with van der Waals surface area (Å²) < 4.78 is 5.74. The molecule has 1 atom stereocenters. The van der Waals surface area contributed by atoms with Gasteiger partial charge in [-0.3, -0.25) is 4.98 Å². The van der Waals surface area contributed by atoms with E-state index in [0.29, 0.717) is 12.3 Å². The molecule has 3 aromatic rings. The Hall–Kier alpha value is -3.25. The van der Waals surface area contributed by atoms with Gasteiger partial charge in [0.05, 0.1) is 0 Å². The number of pyridine rings is 1. The van der Waals surface area contributed by atoms with E-state index in [-0.39, 0.29) is 12.1 Å². The number of amides is 2. The highest BCUT2D eigenvalue weighted by molar-refractivity contribution is 6.30. The van der Waals surface area contributed by atoms with Crippen LogP contribution in [0.15, 0.2) is 73.1 Å². The molecule has 1 aliphatic heterocycles. The second-order valence-electron chi connectivity index (χ2n) is 7.18. The van der Waals surface area contributed by atoms with Crippen molar-refractivity contribution in [2.24, 2.45) is 0 Å². The van der Waals surface area contributed by atoms with Crippen LogP contribution in [0.25, 0.3) is 0 Å². The molecule has 0 aliphatic carbocycles. The molecule has 6 nitrogen and oxygen atoms in total. The number of rotatable bonds is 6. The normalized spacial score (nSPS) is 15.6. The number of anilines is 2. The molecule has 1 saturated heterocycles. The Morgan fingerprint density at radius 3 is 2.67 bits per heavy atom. The van der Waals surface area contributed by atoms with Gasteiger partial charge < -0.3 is 20.3 Å². The minimum Gasteiger partial charge on any atom is -0.489 e. The summed E-state index contributed by atoms with van der Waals surface area (Å²) in [4.78, 5) is 18.7. The van der Waals surface area contributed by atoms with Crippen LogP contribution in [0, 0.1) is 0 Å². The van der Waals surface area contributed by atoms with Crippen LogP contribution in [0.1, 0.15) is 12.0 Å². The van der Waals surface area contributed by atoms with Crippen LogP contribution in [-0.4, -0.2) is 30.1 Å². The molecule has 2 heterocycles. The smallest absolute Gasteiger partial charge is 0.319 e. The summed E-state index contributed by atoms with van der Waals surface area (Å²) in [5.41, 5.74) is 2.84. The van der Waals surface area contributed by atoms with Gasteiger partial charge in [-0.25, -0.2) is 4.79 Å². The summed E-state index contributed by atoms with van der Waals surface area (Å²) in [5, 5.41) is 6.65. The first-order chi connectivity index (χ1) is 14.7. The SMILES string of the molecule is O=C(Nc1ccc(OCc2cccnc2)cc1)NC1CCN(c2ccc(Cl)cc2)C1. The van der Waals surface area contributed by atoms with Gasteiger partial charge in [0.25, 0.3) is 0 Å². The predicted octanol–water partition coefficient (Wildman–Crippen LogP) is 4.71. The van der Waals surface area contributed by atoms with Crippen molar-refractivity contribution in [1.82, 2.24) is 10.3 Å². The maximum atomic E-state index is 12.4. The van der Waals surface area contributed by atoms with Crippen molar-refractivity contribution >= 4 is 29.0 Å². The molecule has 1 aliphatic rings. The van der Waals surface area contributed by atoms with Crippen LogP contribution < -0.4 is 20.3 Å². The van der Waals surface area contributed by atoms with E-state index in [4.69, 9.17) is 16.3 Å². The van der Waals surface area contributed by atoms with Gasteiger partial charge in [-0.15, -0.1) is 0 Å². The van der Waals surface area contributed by atoms with Crippen LogP contribution in [0.3, 0.4) is 0 Å². The van der Waals surface area contributed by atoms with E-state index in [1.807, 2.05) is 60.7 Å². The number of hydrogen-bond acceptors (Lipinski definition) is 4. The number of hydrogen-bond donors (Lipinski definition) is 2. The van der Waals surface area contributed by atoms with Gasteiger partial charge in [-0.1, -0.05) is 17.7 Å². The van der Waals surface area contributed by atoms with Gasteiger partial charge in [-0.2, -0.15) is 0 Å². The molecule has 30 heavy (non-hydrogen) atoms. The fourth-order valence-electron chi connectivity index (χ4n) is 3.40. The number of benzene rings is 2. The van der Waals surface area contributed by atoms with Crippen molar-refractivity contribution in [1.29, 1.82) is 0 Å². The van der Waals surface area contributed by atoms with Gasteiger partial charge in [-0.05, 0) is 61.0 Å². The lowest BCUT2D eigenvalue weighted by molar-refractivity contribution is 0.249. The first kappa shape index (κ1) is 20.0. The maximum Gasteiger partial charge on any atom is 0.319 e. The molecule has 2 amide bonds. The molecule has 7 heteroatoms. The minimum absolute atomic E-state index is 0.0998. The number of urea groups is 1. The molecule has 0 radical (unpaired) electrons. The predicted molar refractivity (Wildman–Crippen MR) is 119 cm³/mol. The number of aromatic nitrogens is 1. The first-order valence-corrected chi connectivity index (χ1v) is 10.2. The zero-order valence-electron chi connectivity index (χ0n) is 16.4. The number of carbonyl (C=O) groups excluding carboxylic acids is 1. The number of nitrogens with one attached hydrogen (secondary N) is 2. The van der Waals surface area contributed by atoms with Crippen molar-refractivity contribution in [3.05, 3.63) is 83.6 Å². The molecule has 1 aromatic heterocycles. The van der Waals surface area contributed by atoms with Gasteiger partial charge in [0.15, 0.2) is 0 Å². The fourth-order valence-corrected chi connectivity index (χ4v) is 3.53. The summed E-state index contributed by atoms with van der Waals surface area (Å²) in [6, 6.07) is 18.8. The monoisotopic (exact) mass is 422 g/mol. The topological polar surface area (TPSA) is 66.5 Å². The maximum absolute atomic E-state index is 12.4.